The zero-order chi connectivity index (χ0) is 18.6. The standard InChI is InChI=1S/C17H18ClFN2O3S/c1-21(10-12-4-3-5-13(19)8-12)11-17(22)20-16-9-14(25(2,23)24)6-7-15(16)18/h3-9H,10-11H2,1-2H3,(H,20,22). The first kappa shape index (κ1) is 19.4. The maximum Gasteiger partial charge on any atom is 0.238 e. The molecule has 0 radical (unpaired) electrons. The summed E-state index contributed by atoms with van der Waals surface area (Å²) in [5.41, 5.74) is 0.973. The average molecular weight is 385 g/mol. The van der Waals surface area contributed by atoms with Crippen molar-refractivity contribution in [3.63, 3.8) is 0 Å². The molecule has 1 amide bonds. The minimum atomic E-state index is -3.40. The molecule has 0 aromatic heterocycles. The van der Waals surface area contributed by atoms with Crippen LogP contribution in [-0.2, 0) is 21.2 Å². The average Bonchev–Trinajstić information content (AvgIpc) is 2.48. The number of carbonyl (C=O) groups excluding carboxylic acids is 1. The summed E-state index contributed by atoms with van der Waals surface area (Å²) >= 11 is 6.01. The molecule has 1 N–H and O–H groups in total. The van der Waals surface area contributed by atoms with Gasteiger partial charge in [-0.05, 0) is 42.9 Å². The molecule has 0 fully saturated rings. The zero-order valence-corrected chi connectivity index (χ0v) is 15.4. The summed E-state index contributed by atoms with van der Waals surface area (Å²) in [6.07, 6.45) is 1.08. The Kier molecular flexibility index (Phi) is 6.16. The summed E-state index contributed by atoms with van der Waals surface area (Å²) in [7, 11) is -1.68. The van der Waals surface area contributed by atoms with Crippen molar-refractivity contribution in [2.75, 3.05) is 25.2 Å². The monoisotopic (exact) mass is 384 g/mol. The van der Waals surface area contributed by atoms with E-state index in [1.54, 1.807) is 24.1 Å². The Morgan fingerprint density at radius 2 is 1.96 bits per heavy atom. The highest BCUT2D eigenvalue weighted by molar-refractivity contribution is 7.90. The van der Waals surface area contributed by atoms with Crippen molar-refractivity contribution in [3.8, 4) is 0 Å². The van der Waals surface area contributed by atoms with E-state index in [9.17, 15) is 17.6 Å². The number of nitrogens with one attached hydrogen (secondary N) is 1. The van der Waals surface area contributed by atoms with Gasteiger partial charge in [-0.3, -0.25) is 9.69 Å². The fourth-order valence-electron chi connectivity index (χ4n) is 2.27. The van der Waals surface area contributed by atoms with Gasteiger partial charge in [0.05, 0.1) is 22.2 Å². The van der Waals surface area contributed by atoms with Crippen molar-refractivity contribution in [1.82, 2.24) is 4.90 Å². The van der Waals surface area contributed by atoms with Crippen LogP contribution in [0.3, 0.4) is 0 Å². The lowest BCUT2D eigenvalue weighted by Gasteiger charge is -2.17. The summed E-state index contributed by atoms with van der Waals surface area (Å²) in [6.45, 7) is 0.429. The Morgan fingerprint density at radius 1 is 1.24 bits per heavy atom. The van der Waals surface area contributed by atoms with E-state index in [2.05, 4.69) is 5.32 Å². The molecule has 0 heterocycles. The van der Waals surface area contributed by atoms with Crippen LogP contribution in [0.4, 0.5) is 10.1 Å². The number of anilines is 1. The maximum absolute atomic E-state index is 13.2. The molecule has 0 atom stereocenters. The first-order valence-corrected chi connectivity index (χ1v) is 9.64. The van der Waals surface area contributed by atoms with Gasteiger partial charge in [-0.15, -0.1) is 0 Å². The van der Waals surface area contributed by atoms with Crippen molar-refractivity contribution < 1.29 is 17.6 Å². The second-order valence-corrected chi connectivity index (χ2v) is 8.19. The van der Waals surface area contributed by atoms with E-state index in [4.69, 9.17) is 11.6 Å². The van der Waals surface area contributed by atoms with Crippen molar-refractivity contribution in [3.05, 3.63) is 58.9 Å². The molecule has 0 aliphatic heterocycles. The van der Waals surface area contributed by atoms with Gasteiger partial charge >= 0.3 is 0 Å². The van der Waals surface area contributed by atoms with E-state index in [1.165, 1.54) is 30.3 Å². The third kappa shape index (κ3) is 5.81. The zero-order valence-electron chi connectivity index (χ0n) is 13.8. The second kappa shape index (κ2) is 7.95. The number of halogens is 2. The molecule has 0 unspecified atom stereocenters. The van der Waals surface area contributed by atoms with Gasteiger partial charge in [-0.2, -0.15) is 0 Å². The lowest BCUT2D eigenvalue weighted by Crippen LogP contribution is -2.30. The van der Waals surface area contributed by atoms with E-state index in [0.29, 0.717) is 6.54 Å². The lowest BCUT2D eigenvalue weighted by molar-refractivity contribution is -0.117. The van der Waals surface area contributed by atoms with Gasteiger partial charge in [0.15, 0.2) is 9.84 Å². The molecule has 0 aliphatic rings. The van der Waals surface area contributed by atoms with Crippen molar-refractivity contribution in [1.29, 1.82) is 0 Å². The first-order valence-electron chi connectivity index (χ1n) is 7.37. The van der Waals surface area contributed by atoms with E-state index >= 15 is 0 Å². The lowest BCUT2D eigenvalue weighted by atomic mass is 10.2. The van der Waals surface area contributed by atoms with Crippen LogP contribution in [0.5, 0.6) is 0 Å². The summed E-state index contributed by atoms with van der Waals surface area (Å²) in [5, 5.41) is 2.84. The number of amides is 1. The first-order chi connectivity index (χ1) is 11.6. The summed E-state index contributed by atoms with van der Waals surface area (Å²) in [5.74, 6) is -0.689. The number of rotatable bonds is 6. The van der Waals surface area contributed by atoms with Crippen LogP contribution in [0, 0.1) is 5.82 Å². The third-order valence-electron chi connectivity index (χ3n) is 3.40. The molecule has 5 nitrogen and oxygen atoms in total. The van der Waals surface area contributed by atoms with E-state index in [0.717, 1.165) is 11.8 Å². The van der Waals surface area contributed by atoms with E-state index < -0.39 is 9.84 Å². The molecule has 134 valence electrons. The number of sulfone groups is 1. The molecule has 0 saturated heterocycles. The molecule has 25 heavy (non-hydrogen) atoms. The number of hydrogen-bond donors (Lipinski definition) is 1. The van der Waals surface area contributed by atoms with Gasteiger partial charge in [0, 0.05) is 12.8 Å². The van der Waals surface area contributed by atoms with Crippen LogP contribution in [0.25, 0.3) is 0 Å². The van der Waals surface area contributed by atoms with Gasteiger partial charge in [-0.1, -0.05) is 23.7 Å². The molecule has 2 aromatic rings. The minimum Gasteiger partial charge on any atom is -0.324 e. The Morgan fingerprint density at radius 3 is 2.60 bits per heavy atom. The van der Waals surface area contributed by atoms with Crippen LogP contribution in [-0.4, -0.2) is 39.1 Å². The quantitative estimate of drug-likeness (QED) is 0.831. The highest BCUT2D eigenvalue weighted by Crippen LogP contribution is 2.25. The number of likely N-dealkylation sites (N-methyl/N-ethyl adjacent to an activating group) is 1. The number of hydrogen-bond acceptors (Lipinski definition) is 4. The minimum absolute atomic E-state index is 0.0376. The molecule has 0 bridgehead atoms. The molecular formula is C17H18ClFN2O3S. The van der Waals surface area contributed by atoms with Gasteiger partial charge in [-0.25, -0.2) is 12.8 Å². The number of benzene rings is 2. The second-order valence-electron chi connectivity index (χ2n) is 5.76. The van der Waals surface area contributed by atoms with Crippen LogP contribution in [0.1, 0.15) is 5.56 Å². The highest BCUT2D eigenvalue weighted by atomic mass is 35.5. The molecule has 0 saturated carbocycles. The topological polar surface area (TPSA) is 66.5 Å². The van der Waals surface area contributed by atoms with E-state index in [1.807, 2.05) is 0 Å². The van der Waals surface area contributed by atoms with Gasteiger partial charge in [0.2, 0.25) is 5.91 Å². The molecule has 0 aliphatic carbocycles. The van der Waals surface area contributed by atoms with Gasteiger partial charge in [0.1, 0.15) is 5.82 Å². The van der Waals surface area contributed by atoms with Crippen LogP contribution < -0.4 is 5.32 Å². The van der Waals surface area contributed by atoms with E-state index in [-0.39, 0.29) is 33.9 Å². The van der Waals surface area contributed by atoms with Crippen molar-refractivity contribution in [2.45, 2.75) is 11.4 Å². The summed E-state index contributed by atoms with van der Waals surface area (Å²) < 4.78 is 36.4. The predicted octanol–water partition coefficient (Wildman–Crippen LogP) is 2.95. The molecule has 2 aromatic carbocycles. The number of nitrogens with zero attached hydrogens (tertiary/aromatic N) is 1. The smallest absolute Gasteiger partial charge is 0.238 e. The van der Waals surface area contributed by atoms with Crippen LogP contribution in [0.15, 0.2) is 47.4 Å². The van der Waals surface area contributed by atoms with Gasteiger partial charge in [0.25, 0.3) is 0 Å². The van der Waals surface area contributed by atoms with Crippen LogP contribution >= 0.6 is 11.6 Å². The molecular weight excluding hydrogens is 367 g/mol. The Labute approximate surface area is 151 Å². The predicted molar refractivity (Wildman–Crippen MR) is 95.9 cm³/mol. The number of carbonyl (C=O) groups is 1. The Hall–Kier alpha value is -1.96. The maximum atomic E-state index is 13.2. The molecule has 2 rings (SSSR count). The van der Waals surface area contributed by atoms with Crippen molar-refractivity contribution >= 4 is 33.0 Å². The molecule has 8 heteroatoms. The highest BCUT2D eigenvalue weighted by Gasteiger charge is 2.13. The van der Waals surface area contributed by atoms with Crippen molar-refractivity contribution in [2.24, 2.45) is 0 Å². The fourth-order valence-corrected chi connectivity index (χ4v) is 3.08. The third-order valence-corrected chi connectivity index (χ3v) is 4.83. The Balaban J connectivity index is 2.02. The summed E-state index contributed by atoms with van der Waals surface area (Å²) in [6, 6.07) is 10.3. The largest absolute Gasteiger partial charge is 0.324 e. The Bertz CT molecular complexity index is 887. The fraction of sp³-hybridized carbons (Fsp3) is 0.235. The van der Waals surface area contributed by atoms with Crippen LogP contribution in [0.2, 0.25) is 5.02 Å². The SMILES string of the molecule is CN(CC(=O)Nc1cc(S(C)(=O)=O)ccc1Cl)Cc1cccc(F)c1. The normalized spacial score (nSPS) is 11.6. The summed E-state index contributed by atoms with van der Waals surface area (Å²) in [4.78, 5) is 13.9. The van der Waals surface area contributed by atoms with Gasteiger partial charge < -0.3 is 5.32 Å². The molecule has 0 spiro atoms.